The second-order valence-electron chi connectivity index (χ2n) is 5.38. The van der Waals surface area contributed by atoms with E-state index in [1.807, 2.05) is 10.9 Å². The number of nitrogens with zero attached hydrogens (tertiary/aromatic N) is 2. The van der Waals surface area contributed by atoms with Crippen molar-refractivity contribution in [2.24, 2.45) is 0 Å². The zero-order valence-corrected chi connectivity index (χ0v) is 14.6. The molecule has 0 unspecified atom stereocenters. The van der Waals surface area contributed by atoms with E-state index in [0.717, 1.165) is 18.5 Å². The Kier molecular flexibility index (Phi) is 5.97. The molecule has 0 aliphatic heterocycles. The van der Waals surface area contributed by atoms with Gasteiger partial charge in [-0.1, -0.05) is 6.92 Å². The molecule has 7 nitrogen and oxygen atoms in total. The van der Waals surface area contributed by atoms with Gasteiger partial charge in [0.1, 0.15) is 0 Å². The molecule has 0 fully saturated rings. The third-order valence-corrected chi connectivity index (χ3v) is 4.70. The lowest BCUT2D eigenvalue weighted by Crippen LogP contribution is -2.22. The number of hydrogen-bond acceptors (Lipinski definition) is 4. The minimum Gasteiger partial charge on any atom is -0.348 e. The van der Waals surface area contributed by atoms with Crippen molar-refractivity contribution >= 4 is 21.6 Å². The summed E-state index contributed by atoms with van der Waals surface area (Å²) in [5, 5.41) is 7.03. The molecular weight excluding hydrogens is 328 g/mol. The van der Waals surface area contributed by atoms with Crippen LogP contribution in [0.15, 0.2) is 36.7 Å². The zero-order valence-electron chi connectivity index (χ0n) is 13.8. The molecule has 24 heavy (non-hydrogen) atoms. The van der Waals surface area contributed by atoms with Gasteiger partial charge >= 0.3 is 0 Å². The molecule has 130 valence electrons. The SMILES string of the molecule is CCCn1cc(CNC(=O)c2ccc(NS(=O)(=O)CC)cc2)cn1. The number of aryl methyl sites for hydroxylation is 1. The van der Waals surface area contributed by atoms with Crippen molar-refractivity contribution in [3.05, 3.63) is 47.8 Å². The van der Waals surface area contributed by atoms with E-state index in [9.17, 15) is 13.2 Å². The van der Waals surface area contributed by atoms with Gasteiger partial charge in [0.25, 0.3) is 5.91 Å². The van der Waals surface area contributed by atoms with Gasteiger partial charge in [0, 0.05) is 36.1 Å². The van der Waals surface area contributed by atoms with Crippen LogP contribution >= 0.6 is 0 Å². The molecule has 0 aliphatic carbocycles. The average molecular weight is 350 g/mol. The molecule has 8 heteroatoms. The minimum absolute atomic E-state index is 0.000944. The number of aromatic nitrogens is 2. The lowest BCUT2D eigenvalue weighted by Gasteiger charge is -2.07. The number of sulfonamides is 1. The smallest absolute Gasteiger partial charge is 0.251 e. The summed E-state index contributed by atoms with van der Waals surface area (Å²) in [5.74, 6) is -0.218. The van der Waals surface area contributed by atoms with Crippen molar-refractivity contribution in [1.82, 2.24) is 15.1 Å². The van der Waals surface area contributed by atoms with Gasteiger partial charge < -0.3 is 5.32 Å². The van der Waals surface area contributed by atoms with Crippen molar-refractivity contribution in [1.29, 1.82) is 0 Å². The Bertz CT molecular complexity index is 782. The quantitative estimate of drug-likeness (QED) is 0.761. The number of amides is 1. The molecule has 0 aliphatic rings. The minimum atomic E-state index is -3.31. The average Bonchev–Trinajstić information content (AvgIpc) is 3.01. The van der Waals surface area contributed by atoms with Crippen LogP contribution in [0.4, 0.5) is 5.69 Å². The predicted molar refractivity (Wildman–Crippen MR) is 93.2 cm³/mol. The Balaban J connectivity index is 1.92. The van der Waals surface area contributed by atoms with Gasteiger partial charge in [-0.3, -0.25) is 14.2 Å². The number of benzene rings is 1. The molecular formula is C16H22N4O3S. The van der Waals surface area contributed by atoms with Crippen LogP contribution in [0.25, 0.3) is 0 Å². The second kappa shape index (κ2) is 7.96. The lowest BCUT2D eigenvalue weighted by molar-refractivity contribution is 0.0951. The highest BCUT2D eigenvalue weighted by Crippen LogP contribution is 2.11. The molecule has 0 bridgehead atoms. The van der Waals surface area contributed by atoms with E-state index in [2.05, 4.69) is 22.1 Å². The maximum Gasteiger partial charge on any atom is 0.251 e. The first-order chi connectivity index (χ1) is 11.4. The van der Waals surface area contributed by atoms with Crippen LogP contribution < -0.4 is 10.0 Å². The number of rotatable bonds is 8. The largest absolute Gasteiger partial charge is 0.348 e. The summed E-state index contributed by atoms with van der Waals surface area (Å²) in [6, 6.07) is 6.31. The van der Waals surface area contributed by atoms with Gasteiger partial charge in [-0.25, -0.2) is 8.42 Å². The van der Waals surface area contributed by atoms with Crippen LogP contribution in [0, 0.1) is 0 Å². The maximum absolute atomic E-state index is 12.1. The van der Waals surface area contributed by atoms with Crippen LogP contribution in [-0.4, -0.2) is 29.9 Å². The number of anilines is 1. The highest BCUT2D eigenvalue weighted by atomic mass is 32.2. The lowest BCUT2D eigenvalue weighted by atomic mass is 10.2. The summed E-state index contributed by atoms with van der Waals surface area (Å²) in [5.41, 5.74) is 1.84. The molecule has 0 atom stereocenters. The van der Waals surface area contributed by atoms with Gasteiger partial charge in [-0.2, -0.15) is 5.10 Å². The molecule has 2 N–H and O–H groups in total. The number of hydrogen-bond donors (Lipinski definition) is 2. The standard InChI is InChI=1S/C16H22N4O3S/c1-3-9-20-12-13(11-18-20)10-17-16(21)14-5-7-15(8-6-14)19-24(22,23)4-2/h5-8,11-12,19H,3-4,9-10H2,1-2H3,(H,17,21). The molecule has 0 saturated heterocycles. The fraction of sp³-hybridized carbons (Fsp3) is 0.375. The molecule has 1 heterocycles. The van der Waals surface area contributed by atoms with E-state index in [4.69, 9.17) is 0 Å². The van der Waals surface area contributed by atoms with E-state index in [1.165, 1.54) is 0 Å². The van der Waals surface area contributed by atoms with Crippen LogP contribution in [-0.2, 0) is 23.1 Å². The Morgan fingerprint density at radius 1 is 1.21 bits per heavy atom. The molecule has 1 aromatic heterocycles. The first-order valence-corrected chi connectivity index (χ1v) is 9.49. The summed E-state index contributed by atoms with van der Waals surface area (Å²) in [6.45, 7) is 4.88. The molecule has 2 rings (SSSR count). The van der Waals surface area contributed by atoms with Crippen molar-refractivity contribution < 1.29 is 13.2 Å². The van der Waals surface area contributed by atoms with E-state index in [1.54, 1.807) is 37.4 Å². The molecule has 2 aromatic rings. The Morgan fingerprint density at radius 3 is 2.54 bits per heavy atom. The maximum atomic E-state index is 12.1. The van der Waals surface area contributed by atoms with Gasteiger partial charge in [0.15, 0.2) is 0 Å². The van der Waals surface area contributed by atoms with Crippen LogP contribution in [0.2, 0.25) is 0 Å². The summed E-state index contributed by atoms with van der Waals surface area (Å²) in [7, 11) is -3.31. The van der Waals surface area contributed by atoms with Crippen LogP contribution in [0.1, 0.15) is 36.2 Å². The summed E-state index contributed by atoms with van der Waals surface area (Å²) >= 11 is 0. The predicted octanol–water partition coefficient (Wildman–Crippen LogP) is 1.98. The normalized spacial score (nSPS) is 11.2. The third-order valence-electron chi connectivity index (χ3n) is 3.39. The van der Waals surface area contributed by atoms with Gasteiger partial charge in [0.2, 0.25) is 10.0 Å². The third kappa shape index (κ3) is 5.09. The first-order valence-electron chi connectivity index (χ1n) is 7.83. The van der Waals surface area contributed by atoms with E-state index in [0.29, 0.717) is 17.8 Å². The van der Waals surface area contributed by atoms with Crippen LogP contribution in [0.5, 0.6) is 0 Å². The molecule has 0 saturated carbocycles. The first kappa shape index (κ1) is 18.0. The number of carbonyl (C=O) groups is 1. The Hall–Kier alpha value is -2.35. The molecule has 0 radical (unpaired) electrons. The zero-order chi connectivity index (χ0) is 17.6. The molecule has 1 aromatic carbocycles. The Morgan fingerprint density at radius 2 is 1.92 bits per heavy atom. The fourth-order valence-corrected chi connectivity index (χ4v) is 2.71. The van der Waals surface area contributed by atoms with Gasteiger partial charge in [-0.05, 0) is 37.6 Å². The highest BCUT2D eigenvalue weighted by molar-refractivity contribution is 7.92. The second-order valence-corrected chi connectivity index (χ2v) is 7.39. The highest BCUT2D eigenvalue weighted by Gasteiger charge is 2.09. The van der Waals surface area contributed by atoms with Crippen LogP contribution in [0.3, 0.4) is 0 Å². The van der Waals surface area contributed by atoms with Gasteiger partial charge in [-0.15, -0.1) is 0 Å². The number of nitrogens with one attached hydrogen (secondary N) is 2. The van der Waals surface area contributed by atoms with E-state index in [-0.39, 0.29) is 11.7 Å². The van der Waals surface area contributed by atoms with Gasteiger partial charge in [0.05, 0.1) is 11.9 Å². The summed E-state index contributed by atoms with van der Waals surface area (Å²) < 4.78 is 27.3. The van der Waals surface area contributed by atoms with E-state index < -0.39 is 10.0 Å². The summed E-state index contributed by atoms with van der Waals surface area (Å²) in [6.07, 6.45) is 4.65. The van der Waals surface area contributed by atoms with Crippen molar-refractivity contribution in [2.75, 3.05) is 10.5 Å². The van der Waals surface area contributed by atoms with Crippen molar-refractivity contribution in [3.63, 3.8) is 0 Å². The molecule has 1 amide bonds. The fourth-order valence-electron chi connectivity index (χ4n) is 2.07. The monoisotopic (exact) mass is 350 g/mol. The molecule has 0 spiro atoms. The Labute approximate surface area is 142 Å². The van der Waals surface area contributed by atoms with E-state index >= 15 is 0 Å². The van der Waals surface area contributed by atoms with Crippen molar-refractivity contribution in [2.45, 2.75) is 33.4 Å². The van der Waals surface area contributed by atoms with Crippen molar-refractivity contribution in [3.8, 4) is 0 Å². The topological polar surface area (TPSA) is 93.1 Å². The summed E-state index contributed by atoms with van der Waals surface area (Å²) in [4.78, 5) is 12.1. The number of carbonyl (C=O) groups excluding carboxylic acids is 1.